The fourth-order valence-corrected chi connectivity index (χ4v) is 2.40. The number of hydrogen-bond acceptors (Lipinski definition) is 4. The predicted octanol–water partition coefficient (Wildman–Crippen LogP) is 3.48. The number of aliphatic hydroxyl groups is 1. The maximum atomic E-state index is 11.8. The highest BCUT2D eigenvalue weighted by Gasteiger charge is 2.10. The summed E-state index contributed by atoms with van der Waals surface area (Å²) in [5.74, 6) is 0.133. The van der Waals surface area contributed by atoms with Crippen LogP contribution in [0.2, 0.25) is 10.0 Å². The fraction of sp³-hybridized carbons (Fsp3) is 0.222. The van der Waals surface area contributed by atoms with E-state index in [1.807, 2.05) is 6.07 Å². The third kappa shape index (κ3) is 5.95. The number of amides is 1. The molecule has 0 aliphatic rings. The Morgan fingerprint density at radius 1 is 1.24 bits per heavy atom. The second-order valence-electron chi connectivity index (χ2n) is 5.26. The van der Waals surface area contributed by atoms with Crippen molar-refractivity contribution >= 4 is 29.1 Å². The Hall–Kier alpha value is -2.26. The number of nitrogens with zero attached hydrogens (tertiary/aromatic N) is 1. The number of nitrogens with one attached hydrogen (secondary N) is 1. The quantitative estimate of drug-likeness (QED) is 0.772. The Balaban J connectivity index is 1.74. The number of hydrogen-bond donors (Lipinski definition) is 2. The van der Waals surface area contributed by atoms with Crippen molar-refractivity contribution in [2.24, 2.45) is 0 Å². The molecule has 0 aliphatic carbocycles. The van der Waals surface area contributed by atoms with Gasteiger partial charge in [0, 0.05) is 6.54 Å². The standard InChI is InChI=1S/C18H16Cl2N2O3/c19-15-5-4-13(9-16(15)20)17(23)6-7-22-18(24)11-25-14-3-1-2-12(8-14)10-21/h1-5,8-9,17,23H,6-7,11H2,(H,22,24)/t17-/m0/s1. The maximum absolute atomic E-state index is 11.8. The minimum absolute atomic E-state index is 0.169. The van der Waals surface area contributed by atoms with Crippen LogP contribution in [-0.4, -0.2) is 24.2 Å². The van der Waals surface area contributed by atoms with E-state index in [9.17, 15) is 9.90 Å². The minimum atomic E-state index is -0.761. The second kappa shape index (κ2) is 9.28. The van der Waals surface area contributed by atoms with Gasteiger partial charge in [0.1, 0.15) is 5.75 Å². The maximum Gasteiger partial charge on any atom is 0.257 e. The molecular weight excluding hydrogens is 363 g/mol. The summed E-state index contributed by atoms with van der Waals surface area (Å²) >= 11 is 11.7. The van der Waals surface area contributed by atoms with Gasteiger partial charge in [-0.05, 0) is 42.3 Å². The number of halogens is 2. The Morgan fingerprint density at radius 2 is 2.04 bits per heavy atom. The molecule has 0 unspecified atom stereocenters. The molecule has 0 spiro atoms. The average molecular weight is 379 g/mol. The zero-order valence-corrected chi connectivity index (χ0v) is 14.7. The smallest absolute Gasteiger partial charge is 0.257 e. The number of rotatable bonds is 7. The molecule has 0 aromatic heterocycles. The topological polar surface area (TPSA) is 82.3 Å². The molecule has 5 nitrogen and oxygen atoms in total. The monoisotopic (exact) mass is 378 g/mol. The molecule has 2 N–H and O–H groups in total. The Bertz CT molecular complexity index is 790. The third-order valence-electron chi connectivity index (χ3n) is 3.40. The molecule has 7 heteroatoms. The van der Waals surface area contributed by atoms with Crippen molar-refractivity contribution in [2.75, 3.05) is 13.2 Å². The van der Waals surface area contributed by atoms with E-state index in [4.69, 9.17) is 33.2 Å². The molecule has 2 rings (SSSR count). The van der Waals surface area contributed by atoms with E-state index >= 15 is 0 Å². The molecule has 0 heterocycles. The first-order chi connectivity index (χ1) is 12.0. The minimum Gasteiger partial charge on any atom is -0.484 e. The van der Waals surface area contributed by atoms with Crippen LogP contribution in [0.15, 0.2) is 42.5 Å². The van der Waals surface area contributed by atoms with Crippen LogP contribution in [0.5, 0.6) is 5.75 Å². The Labute approximate surface area is 155 Å². The van der Waals surface area contributed by atoms with Crippen LogP contribution < -0.4 is 10.1 Å². The molecule has 25 heavy (non-hydrogen) atoms. The molecule has 2 aromatic carbocycles. The molecule has 0 aliphatic heterocycles. The molecular formula is C18H16Cl2N2O3. The summed E-state index contributed by atoms with van der Waals surface area (Å²) in [7, 11) is 0. The molecule has 0 fully saturated rings. The largest absolute Gasteiger partial charge is 0.484 e. The van der Waals surface area contributed by atoms with Crippen LogP contribution in [0.3, 0.4) is 0 Å². The lowest BCUT2D eigenvalue weighted by Crippen LogP contribution is -2.30. The van der Waals surface area contributed by atoms with Crippen LogP contribution in [0, 0.1) is 11.3 Å². The Kier molecular flexibility index (Phi) is 7.08. The third-order valence-corrected chi connectivity index (χ3v) is 4.14. The first-order valence-electron chi connectivity index (χ1n) is 7.52. The number of aliphatic hydroxyl groups excluding tert-OH is 1. The lowest BCUT2D eigenvalue weighted by atomic mass is 10.1. The summed E-state index contributed by atoms with van der Waals surface area (Å²) in [6.07, 6.45) is -0.434. The Morgan fingerprint density at radius 3 is 2.76 bits per heavy atom. The van der Waals surface area contributed by atoms with Crippen molar-refractivity contribution in [3.05, 3.63) is 63.6 Å². The van der Waals surface area contributed by atoms with Gasteiger partial charge in [-0.25, -0.2) is 0 Å². The van der Waals surface area contributed by atoms with Crippen LogP contribution in [0.4, 0.5) is 0 Å². The van der Waals surface area contributed by atoms with E-state index in [2.05, 4.69) is 5.32 Å². The first-order valence-corrected chi connectivity index (χ1v) is 8.28. The SMILES string of the molecule is N#Cc1cccc(OCC(=O)NCC[C@H](O)c2ccc(Cl)c(Cl)c2)c1. The van der Waals surface area contributed by atoms with Crippen molar-refractivity contribution in [3.8, 4) is 11.8 Å². The van der Waals surface area contributed by atoms with Crippen molar-refractivity contribution in [1.82, 2.24) is 5.32 Å². The highest BCUT2D eigenvalue weighted by atomic mass is 35.5. The van der Waals surface area contributed by atoms with Gasteiger partial charge in [0.25, 0.3) is 5.91 Å². The van der Waals surface area contributed by atoms with Crippen LogP contribution in [0.25, 0.3) is 0 Å². The normalized spacial score (nSPS) is 11.4. The molecule has 130 valence electrons. The first kappa shape index (κ1) is 19.1. The summed E-state index contributed by atoms with van der Waals surface area (Å²) in [6.45, 7) is 0.111. The van der Waals surface area contributed by atoms with Crippen LogP contribution in [0.1, 0.15) is 23.7 Å². The molecule has 1 atom stereocenters. The van der Waals surface area contributed by atoms with Gasteiger partial charge in [-0.1, -0.05) is 35.3 Å². The van der Waals surface area contributed by atoms with Gasteiger partial charge in [-0.3, -0.25) is 4.79 Å². The van der Waals surface area contributed by atoms with E-state index in [-0.39, 0.29) is 19.1 Å². The lowest BCUT2D eigenvalue weighted by molar-refractivity contribution is -0.123. The van der Waals surface area contributed by atoms with Gasteiger partial charge in [0.2, 0.25) is 0 Å². The molecule has 0 bridgehead atoms. The van der Waals surface area contributed by atoms with Gasteiger partial charge >= 0.3 is 0 Å². The van der Waals surface area contributed by atoms with E-state index in [0.717, 1.165) is 0 Å². The summed E-state index contributed by atoms with van der Waals surface area (Å²) in [6, 6.07) is 13.5. The zero-order chi connectivity index (χ0) is 18.2. The molecule has 0 saturated carbocycles. The van der Waals surface area contributed by atoms with Crippen molar-refractivity contribution in [3.63, 3.8) is 0 Å². The highest BCUT2D eigenvalue weighted by molar-refractivity contribution is 6.42. The molecule has 0 radical (unpaired) electrons. The number of benzene rings is 2. The second-order valence-corrected chi connectivity index (χ2v) is 6.07. The number of ether oxygens (including phenoxy) is 1. The predicted molar refractivity (Wildman–Crippen MR) is 95.7 cm³/mol. The van der Waals surface area contributed by atoms with Crippen molar-refractivity contribution < 1.29 is 14.6 Å². The summed E-state index contributed by atoms with van der Waals surface area (Å²) in [5, 5.41) is 22.4. The average Bonchev–Trinajstić information content (AvgIpc) is 2.62. The van der Waals surface area contributed by atoms with E-state index in [1.54, 1.807) is 42.5 Å². The van der Waals surface area contributed by atoms with Crippen molar-refractivity contribution in [1.29, 1.82) is 5.26 Å². The van der Waals surface area contributed by atoms with E-state index in [0.29, 0.717) is 33.3 Å². The van der Waals surface area contributed by atoms with Crippen LogP contribution >= 0.6 is 23.2 Å². The summed E-state index contributed by atoms with van der Waals surface area (Å²) in [5.41, 5.74) is 1.09. The zero-order valence-electron chi connectivity index (χ0n) is 13.2. The van der Waals surface area contributed by atoms with E-state index < -0.39 is 6.10 Å². The molecule has 2 aromatic rings. The number of carbonyl (C=O) groups is 1. The highest BCUT2D eigenvalue weighted by Crippen LogP contribution is 2.26. The summed E-state index contributed by atoms with van der Waals surface area (Å²) in [4.78, 5) is 11.8. The van der Waals surface area contributed by atoms with Gasteiger partial charge in [-0.15, -0.1) is 0 Å². The number of nitriles is 1. The number of carbonyl (C=O) groups excluding carboxylic acids is 1. The molecule has 1 amide bonds. The lowest BCUT2D eigenvalue weighted by Gasteiger charge is -2.13. The van der Waals surface area contributed by atoms with Gasteiger partial charge in [0.05, 0.1) is 27.8 Å². The van der Waals surface area contributed by atoms with Gasteiger partial charge in [0.15, 0.2) is 6.61 Å². The van der Waals surface area contributed by atoms with E-state index in [1.165, 1.54) is 0 Å². The van der Waals surface area contributed by atoms with Gasteiger partial charge in [-0.2, -0.15) is 5.26 Å². The fourth-order valence-electron chi connectivity index (χ4n) is 2.09. The summed E-state index contributed by atoms with van der Waals surface area (Å²) < 4.78 is 5.32. The van der Waals surface area contributed by atoms with Gasteiger partial charge < -0.3 is 15.2 Å². The van der Waals surface area contributed by atoms with Crippen molar-refractivity contribution in [2.45, 2.75) is 12.5 Å². The molecule has 0 saturated heterocycles. The van der Waals surface area contributed by atoms with Crippen LogP contribution in [-0.2, 0) is 4.79 Å².